The van der Waals surface area contributed by atoms with Gasteiger partial charge in [0, 0.05) is 11.3 Å². The minimum Gasteiger partial charge on any atom is -0.508 e. The van der Waals surface area contributed by atoms with E-state index in [1.807, 2.05) is 31.2 Å². The summed E-state index contributed by atoms with van der Waals surface area (Å²) < 4.78 is 11.1. The summed E-state index contributed by atoms with van der Waals surface area (Å²) in [6.45, 7) is 2.55. The van der Waals surface area contributed by atoms with Crippen LogP contribution in [0, 0.1) is 0 Å². The van der Waals surface area contributed by atoms with Crippen molar-refractivity contribution in [2.45, 2.75) is 6.92 Å². The van der Waals surface area contributed by atoms with Crippen LogP contribution in [0.3, 0.4) is 0 Å². The predicted molar refractivity (Wildman–Crippen MR) is 88.9 cm³/mol. The lowest BCUT2D eigenvalue weighted by atomic mass is 10.2. The van der Waals surface area contributed by atoms with Crippen molar-refractivity contribution < 1.29 is 14.3 Å². The molecule has 0 aliphatic rings. The van der Waals surface area contributed by atoms with Crippen LogP contribution >= 0.6 is 0 Å². The average molecular weight is 311 g/mol. The van der Waals surface area contributed by atoms with Gasteiger partial charge in [0.1, 0.15) is 11.5 Å². The molecule has 0 aliphatic carbocycles. The predicted octanol–water partition coefficient (Wildman–Crippen LogP) is 3.77. The van der Waals surface area contributed by atoms with Crippen molar-refractivity contribution in [1.82, 2.24) is 4.98 Å². The maximum absolute atomic E-state index is 9.29. The lowest BCUT2D eigenvalue weighted by molar-refractivity contribution is 0.340. The number of aromatic hydroxyl groups is 1. The fourth-order valence-corrected chi connectivity index (χ4v) is 2.08. The summed E-state index contributed by atoms with van der Waals surface area (Å²) in [5.74, 6) is 2.03. The summed E-state index contributed by atoms with van der Waals surface area (Å²) in [6, 6.07) is 14.0. The summed E-state index contributed by atoms with van der Waals surface area (Å²) in [6.07, 6.45) is 0. The Balaban J connectivity index is 1.81. The SMILES string of the molecule is CCOc1ccc(-c2nc(N)c(Nc3ccc(O)cc3)o2)cc1. The smallest absolute Gasteiger partial charge is 0.242 e. The summed E-state index contributed by atoms with van der Waals surface area (Å²) in [7, 11) is 0. The largest absolute Gasteiger partial charge is 0.508 e. The highest BCUT2D eigenvalue weighted by atomic mass is 16.5. The number of phenols is 1. The number of nitrogens with zero attached hydrogens (tertiary/aromatic N) is 1. The van der Waals surface area contributed by atoms with Crippen LogP contribution < -0.4 is 15.8 Å². The second-order valence-corrected chi connectivity index (χ2v) is 4.86. The molecule has 0 saturated heterocycles. The molecule has 6 heteroatoms. The molecule has 0 amide bonds. The third kappa shape index (κ3) is 3.37. The van der Waals surface area contributed by atoms with E-state index in [2.05, 4.69) is 10.3 Å². The van der Waals surface area contributed by atoms with Crippen LogP contribution in [0.25, 0.3) is 11.5 Å². The van der Waals surface area contributed by atoms with Gasteiger partial charge in [-0.15, -0.1) is 0 Å². The Bertz CT molecular complexity index is 780. The Morgan fingerprint density at radius 3 is 2.48 bits per heavy atom. The normalized spacial score (nSPS) is 10.5. The molecule has 118 valence electrons. The highest BCUT2D eigenvalue weighted by molar-refractivity contribution is 5.68. The first-order valence-corrected chi connectivity index (χ1v) is 7.21. The first kappa shape index (κ1) is 14.8. The maximum Gasteiger partial charge on any atom is 0.242 e. The molecule has 0 saturated carbocycles. The van der Waals surface area contributed by atoms with Gasteiger partial charge < -0.3 is 25.3 Å². The number of anilines is 3. The molecule has 0 radical (unpaired) electrons. The highest BCUT2D eigenvalue weighted by Gasteiger charge is 2.12. The van der Waals surface area contributed by atoms with Crippen molar-refractivity contribution in [2.75, 3.05) is 17.7 Å². The van der Waals surface area contributed by atoms with Gasteiger partial charge in [-0.25, -0.2) is 0 Å². The van der Waals surface area contributed by atoms with E-state index in [-0.39, 0.29) is 11.6 Å². The third-order valence-electron chi connectivity index (χ3n) is 3.19. The van der Waals surface area contributed by atoms with E-state index in [4.69, 9.17) is 14.9 Å². The van der Waals surface area contributed by atoms with Crippen molar-refractivity contribution in [1.29, 1.82) is 0 Å². The summed E-state index contributed by atoms with van der Waals surface area (Å²) in [5, 5.41) is 12.3. The Labute approximate surface area is 133 Å². The molecule has 23 heavy (non-hydrogen) atoms. The molecule has 3 aromatic rings. The number of aromatic nitrogens is 1. The first-order chi connectivity index (χ1) is 11.2. The highest BCUT2D eigenvalue weighted by Crippen LogP contribution is 2.30. The average Bonchev–Trinajstić information content (AvgIpc) is 2.92. The Morgan fingerprint density at radius 2 is 1.83 bits per heavy atom. The molecule has 0 atom stereocenters. The lowest BCUT2D eigenvalue weighted by Gasteiger charge is -2.03. The number of rotatable bonds is 5. The molecule has 0 fully saturated rings. The van der Waals surface area contributed by atoms with Crippen LogP contribution in [0.2, 0.25) is 0 Å². The molecule has 0 unspecified atom stereocenters. The molecule has 0 bridgehead atoms. The maximum atomic E-state index is 9.29. The number of hydrogen-bond acceptors (Lipinski definition) is 6. The number of nitrogens with two attached hydrogens (primary N) is 1. The van der Waals surface area contributed by atoms with Gasteiger partial charge in [0.05, 0.1) is 6.61 Å². The van der Waals surface area contributed by atoms with E-state index >= 15 is 0 Å². The summed E-state index contributed by atoms with van der Waals surface area (Å²) in [4.78, 5) is 4.23. The van der Waals surface area contributed by atoms with E-state index in [0.29, 0.717) is 18.4 Å². The number of benzene rings is 2. The number of phenolic OH excluding ortho intramolecular Hbond substituents is 1. The Kier molecular flexibility index (Phi) is 4.05. The first-order valence-electron chi connectivity index (χ1n) is 7.21. The molecule has 4 N–H and O–H groups in total. The fraction of sp³-hybridized carbons (Fsp3) is 0.118. The second kappa shape index (κ2) is 6.31. The third-order valence-corrected chi connectivity index (χ3v) is 3.19. The number of oxazole rings is 1. The van der Waals surface area contributed by atoms with Gasteiger partial charge in [0.15, 0.2) is 5.82 Å². The molecule has 1 aromatic heterocycles. The fourth-order valence-electron chi connectivity index (χ4n) is 2.08. The number of hydrogen-bond donors (Lipinski definition) is 3. The van der Waals surface area contributed by atoms with Gasteiger partial charge in [-0.1, -0.05) is 0 Å². The van der Waals surface area contributed by atoms with Crippen molar-refractivity contribution in [2.24, 2.45) is 0 Å². The summed E-state index contributed by atoms with van der Waals surface area (Å²) >= 11 is 0. The van der Waals surface area contributed by atoms with E-state index in [1.165, 1.54) is 0 Å². The van der Waals surface area contributed by atoms with Gasteiger partial charge in [-0.2, -0.15) is 4.98 Å². The standard InChI is InChI=1S/C17H17N3O3/c1-2-22-14-9-3-11(4-10-14)16-20-15(18)17(23-16)19-12-5-7-13(21)8-6-12/h3-10,19,21H,2,18H2,1H3. The lowest BCUT2D eigenvalue weighted by Crippen LogP contribution is -1.93. The van der Waals surface area contributed by atoms with Crippen molar-refractivity contribution in [3.8, 4) is 23.0 Å². The zero-order chi connectivity index (χ0) is 16.2. The van der Waals surface area contributed by atoms with E-state index in [9.17, 15) is 5.11 Å². The van der Waals surface area contributed by atoms with Crippen LogP contribution in [-0.2, 0) is 0 Å². The van der Waals surface area contributed by atoms with Gasteiger partial charge in [-0.3, -0.25) is 0 Å². The molecule has 1 heterocycles. The molecule has 6 nitrogen and oxygen atoms in total. The van der Waals surface area contributed by atoms with Gasteiger partial charge in [-0.05, 0) is 55.5 Å². The van der Waals surface area contributed by atoms with Crippen molar-refractivity contribution in [3.63, 3.8) is 0 Å². The van der Waals surface area contributed by atoms with E-state index in [1.54, 1.807) is 24.3 Å². The van der Waals surface area contributed by atoms with Crippen molar-refractivity contribution in [3.05, 3.63) is 48.5 Å². The number of nitrogen functional groups attached to an aromatic ring is 1. The molecular weight excluding hydrogens is 294 g/mol. The van der Waals surface area contributed by atoms with E-state index < -0.39 is 0 Å². The van der Waals surface area contributed by atoms with E-state index in [0.717, 1.165) is 17.0 Å². The van der Waals surface area contributed by atoms with Gasteiger partial charge >= 0.3 is 0 Å². The minimum absolute atomic E-state index is 0.191. The van der Waals surface area contributed by atoms with Crippen LogP contribution in [0.1, 0.15) is 6.92 Å². The zero-order valence-corrected chi connectivity index (χ0v) is 12.6. The van der Waals surface area contributed by atoms with Gasteiger partial charge in [0.2, 0.25) is 11.8 Å². The zero-order valence-electron chi connectivity index (χ0n) is 12.6. The molecule has 2 aromatic carbocycles. The molecular formula is C17H17N3O3. The summed E-state index contributed by atoms with van der Waals surface area (Å²) in [5.41, 5.74) is 7.44. The topological polar surface area (TPSA) is 93.5 Å². The second-order valence-electron chi connectivity index (χ2n) is 4.86. The van der Waals surface area contributed by atoms with Crippen molar-refractivity contribution >= 4 is 17.4 Å². The van der Waals surface area contributed by atoms with Crippen LogP contribution in [0.5, 0.6) is 11.5 Å². The Hall–Kier alpha value is -3.15. The quantitative estimate of drug-likeness (QED) is 0.621. The monoisotopic (exact) mass is 311 g/mol. The minimum atomic E-state index is 0.191. The number of ether oxygens (including phenoxy) is 1. The molecule has 0 aliphatic heterocycles. The Morgan fingerprint density at radius 1 is 1.13 bits per heavy atom. The molecule has 3 rings (SSSR count). The van der Waals surface area contributed by atoms with Crippen LogP contribution in [-0.4, -0.2) is 16.7 Å². The van der Waals surface area contributed by atoms with Crippen LogP contribution in [0.4, 0.5) is 17.4 Å². The molecule has 0 spiro atoms. The van der Waals surface area contributed by atoms with Gasteiger partial charge in [0.25, 0.3) is 0 Å². The number of nitrogens with one attached hydrogen (secondary N) is 1. The van der Waals surface area contributed by atoms with Crippen LogP contribution in [0.15, 0.2) is 52.9 Å².